The number of rotatable bonds is 7. The van der Waals surface area contributed by atoms with Crippen LogP contribution in [-0.2, 0) is 16.1 Å². The summed E-state index contributed by atoms with van der Waals surface area (Å²) in [5, 5.41) is 4.72. The number of ether oxygens (including phenoxy) is 1. The Morgan fingerprint density at radius 2 is 2.24 bits per heavy atom. The Hall–Kier alpha value is -2.78. The predicted octanol–water partition coefficient (Wildman–Crippen LogP) is 4.44. The SMILES string of the molecule is C=C(F)/C=C(\C(=C)OC)[C@H](C(=O)Nc1nccs1)N1Cc2ccc(Br)cc2C1=O. The third kappa shape index (κ3) is 4.46. The van der Waals surface area contributed by atoms with Gasteiger partial charge in [-0.15, -0.1) is 11.3 Å². The molecular weight excluding hydrogens is 461 g/mol. The minimum absolute atomic E-state index is 0.0491. The third-order valence-corrected chi connectivity index (χ3v) is 5.48. The molecule has 3 rings (SSSR count). The lowest BCUT2D eigenvalue weighted by Crippen LogP contribution is -2.46. The van der Waals surface area contributed by atoms with E-state index in [1.54, 1.807) is 17.5 Å². The van der Waals surface area contributed by atoms with Gasteiger partial charge in [0.15, 0.2) is 5.13 Å². The molecule has 0 aliphatic carbocycles. The number of methoxy groups -OCH3 is 1. The summed E-state index contributed by atoms with van der Waals surface area (Å²) < 4.78 is 19.6. The van der Waals surface area contributed by atoms with E-state index in [1.807, 2.05) is 6.07 Å². The fraction of sp³-hybridized carbons (Fsp3) is 0.150. The van der Waals surface area contributed by atoms with E-state index in [0.717, 1.165) is 16.1 Å². The molecule has 1 aliphatic rings. The molecule has 0 fully saturated rings. The number of fused-ring (bicyclic) bond motifs is 1. The van der Waals surface area contributed by atoms with Gasteiger partial charge in [0.05, 0.1) is 7.11 Å². The van der Waals surface area contributed by atoms with Crippen molar-refractivity contribution in [2.24, 2.45) is 0 Å². The van der Waals surface area contributed by atoms with Crippen molar-refractivity contribution in [1.29, 1.82) is 0 Å². The number of anilines is 1. The standard InChI is InChI=1S/C20H17BrFN3O3S/c1-11(22)8-15(12(2)28-3)17(18(26)24-20-23-6-7-29-20)25-10-13-4-5-14(21)9-16(13)19(25)27/h4-9,17H,1-2,10H2,3H3,(H,23,24,26)/b15-8+/t17-/m1/s1. The van der Waals surface area contributed by atoms with Crippen molar-refractivity contribution in [2.45, 2.75) is 12.6 Å². The van der Waals surface area contributed by atoms with Gasteiger partial charge in [0.1, 0.15) is 17.6 Å². The molecule has 1 atom stereocenters. The molecule has 2 heterocycles. The smallest absolute Gasteiger partial charge is 0.255 e. The molecule has 9 heteroatoms. The Labute approximate surface area is 179 Å². The highest BCUT2D eigenvalue weighted by molar-refractivity contribution is 9.10. The normalized spacial score (nSPS) is 14.4. The lowest BCUT2D eigenvalue weighted by Gasteiger charge is -2.29. The van der Waals surface area contributed by atoms with Crippen LogP contribution in [0.15, 0.2) is 70.6 Å². The first-order valence-electron chi connectivity index (χ1n) is 8.40. The molecule has 1 aromatic heterocycles. The average molecular weight is 478 g/mol. The molecule has 1 aromatic carbocycles. The summed E-state index contributed by atoms with van der Waals surface area (Å²) in [5.74, 6) is -1.67. The zero-order chi connectivity index (χ0) is 21.1. The van der Waals surface area contributed by atoms with Gasteiger partial charge < -0.3 is 9.64 Å². The lowest BCUT2D eigenvalue weighted by atomic mass is 10.0. The molecule has 2 aromatic rings. The van der Waals surface area contributed by atoms with E-state index in [-0.39, 0.29) is 23.8 Å². The molecule has 0 unspecified atom stereocenters. The van der Waals surface area contributed by atoms with Crippen LogP contribution in [0.25, 0.3) is 0 Å². The Balaban J connectivity index is 2.05. The number of carbonyl (C=O) groups is 2. The summed E-state index contributed by atoms with van der Waals surface area (Å²) in [5.41, 5.74) is 1.31. The molecule has 1 N–H and O–H groups in total. The number of carbonyl (C=O) groups excluding carboxylic acids is 2. The highest BCUT2D eigenvalue weighted by Crippen LogP contribution is 2.32. The van der Waals surface area contributed by atoms with Crippen LogP contribution in [0, 0.1) is 0 Å². The van der Waals surface area contributed by atoms with Gasteiger partial charge in [-0.1, -0.05) is 35.2 Å². The van der Waals surface area contributed by atoms with Crippen LogP contribution < -0.4 is 5.32 Å². The monoisotopic (exact) mass is 477 g/mol. The number of allylic oxidation sites excluding steroid dienone is 2. The van der Waals surface area contributed by atoms with E-state index in [4.69, 9.17) is 4.74 Å². The molecule has 0 saturated heterocycles. The van der Waals surface area contributed by atoms with E-state index in [2.05, 4.69) is 39.4 Å². The second-order valence-corrected chi connectivity index (χ2v) is 7.95. The molecule has 6 nitrogen and oxygen atoms in total. The summed E-state index contributed by atoms with van der Waals surface area (Å²) in [4.78, 5) is 31.6. The summed E-state index contributed by atoms with van der Waals surface area (Å²) in [6.45, 7) is 7.16. The fourth-order valence-electron chi connectivity index (χ4n) is 3.01. The first-order valence-corrected chi connectivity index (χ1v) is 10.1. The second kappa shape index (κ2) is 8.71. The van der Waals surface area contributed by atoms with Gasteiger partial charge in [0, 0.05) is 33.7 Å². The van der Waals surface area contributed by atoms with E-state index < -0.39 is 17.8 Å². The molecule has 0 saturated carbocycles. The van der Waals surface area contributed by atoms with Gasteiger partial charge in [-0.25, -0.2) is 9.37 Å². The van der Waals surface area contributed by atoms with Crippen molar-refractivity contribution in [1.82, 2.24) is 9.88 Å². The molecule has 29 heavy (non-hydrogen) atoms. The molecular formula is C20H17BrFN3O3S. The summed E-state index contributed by atoms with van der Waals surface area (Å²) >= 11 is 4.57. The van der Waals surface area contributed by atoms with Crippen LogP contribution in [0.1, 0.15) is 15.9 Å². The lowest BCUT2D eigenvalue weighted by molar-refractivity contribution is -0.119. The number of nitrogens with one attached hydrogen (secondary N) is 1. The summed E-state index contributed by atoms with van der Waals surface area (Å²) in [6, 6.07) is 4.11. The van der Waals surface area contributed by atoms with Crippen LogP contribution in [0.3, 0.4) is 0 Å². The Morgan fingerprint density at radius 3 is 2.86 bits per heavy atom. The maximum Gasteiger partial charge on any atom is 0.255 e. The van der Waals surface area contributed by atoms with E-state index >= 15 is 0 Å². The van der Waals surface area contributed by atoms with Crippen LogP contribution in [-0.4, -0.2) is 34.8 Å². The number of benzene rings is 1. The van der Waals surface area contributed by atoms with Crippen LogP contribution in [0.4, 0.5) is 9.52 Å². The largest absolute Gasteiger partial charge is 0.497 e. The van der Waals surface area contributed by atoms with Gasteiger partial charge in [-0.2, -0.15) is 0 Å². The first-order chi connectivity index (χ1) is 13.8. The minimum Gasteiger partial charge on any atom is -0.497 e. The van der Waals surface area contributed by atoms with Gasteiger partial charge >= 0.3 is 0 Å². The number of nitrogens with zero attached hydrogens (tertiary/aromatic N) is 2. The number of aromatic nitrogens is 1. The minimum atomic E-state index is -1.20. The Morgan fingerprint density at radius 1 is 1.48 bits per heavy atom. The fourth-order valence-corrected chi connectivity index (χ4v) is 3.91. The van der Waals surface area contributed by atoms with Crippen molar-refractivity contribution >= 4 is 44.2 Å². The van der Waals surface area contributed by atoms with Crippen molar-refractivity contribution in [3.63, 3.8) is 0 Å². The molecule has 150 valence electrons. The first kappa shape index (κ1) is 20.9. The highest BCUT2D eigenvalue weighted by atomic mass is 79.9. The second-order valence-electron chi connectivity index (χ2n) is 6.14. The topological polar surface area (TPSA) is 71.5 Å². The molecule has 0 bridgehead atoms. The number of thiazole rings is 1. The maximum atomic E-state index is 13.7. The predicted molar refractivity (Wildman–Crippen MR) is 113 cm³/mol. The molecule has 1 aliphatic heterocycles. The summed E-state index contributed by atoms with van der Waals surface area (Å²) in [7, 11) is 1.35. The van der Waals surface area contributed by atoms with Gasteiger partial charge in [-0.3, -0.25) is 14.9 Å². The quantitative estimate of drug-likeness (QED) is 0.472. The summed E-state index contributed by atoms with van der Waals surface area (Å²) in [6.07, 6.45) is 2.59. The molecule has 0 radical (unpaired) electrons. The van der Waals surface area contributed by atoms with Crippen molar-refractivity contribution in [3.05, 3.63) is 81.8 Å². The van der Waals surface area contributed by atoms with Gasteiger partial charge in [-0.05, 0) is 23.8 Å². The van der Waals surface area contributed by atoms with Gasteiger partial charge in [0.25, 0.3) is 11.8 Å². The van der Waals surface area contributed by atoms with Crippen molar-refractivity contribution in [2.75, 3.05) is 12.4 Å². The number of hydrogen-bond acceptors (Lipinski definition) is 5. The number of amides is 2. The molecule has 0 spiro atoms. The van der Waals surface area contributed by atoms with Crippen molar-refractivity contribution < 1.29 is 18.7 Å². The van der Waals surface area contributed by atoms with Crippen LogP contribution in [0.5, 0.6) is 0 Å². The van der Waals surface area contributed by atoms with Crippen LogP contribution >= 0.6 is 27.3 Å². The third-order valence-electron chi connectivity index (χ3n) is 4.30. The highest BCUT2D eigenvalue weighted by Gasteiger charge is 2.40. The zero-order valence-electron chi connectivity index (χ0n) is 15.4. The van der Waals surface area contributed by atoms with E-state index in [0.29, 0.717) is 10.7 Å². The zero-order valence-corrected chi connectivity index (χ0v) is 17.8. The van der Waals surface area contributed by atoms with Crippen LogP contribution in [0.2, 0.25) is 0 Å². The number of hydrogen-bond donors (Lipinski definition) is 1. The van der Waals surface area contributed by atoms with Crippen molar-refractivity contribution in [3.8, 4) is 0 Å². The average Bonchev–Trinajstić information content (AvgIpc) is 3.29. The molecule has 2 amide bonds. The van der Waals surface area contributed by atoms with E-state index in [9.17, 15) is 14.0 Å². The Kier molecular flexibility index (Phi) is 6.29. The number of halogens is 2. The Bertz CT molecular complexity index is 1020. The van der Waals surface area contributed by atoms with E-state index in [1.165, 1.54) is 29.5 Å². The van der Waals surface area contributed by atoms with Gasteiger partial charge in [0.2, 0.25) is 0 Å². The maximum absolute atomic E-state index is 13.7.